The average molecular weight is 469 g/mol. The lowest BCUT2D eigenvalue weighted by Gasteiger charge is -2.15. The highest BCUT2D eigenvalue weighted by Crippen LogP contribution is 2.33. The van der Waals surface area contributed by atoms with Crippen LogP contribution in [-0.4, -0.2) is 42.8 Å². The van der Waals surface area contributed by atoms with E-state index in [0.29, 0.717) is 34.7 Å². The molecule has 1 fully saturated rings. The van der Waals surface area contributed by atoms with Crippen LogP contribution in [0.1, 0.15) is 34.3 Å². The molecule has 2 heterocycles. The Balaban J connectivity index is 1.23. The van der Waals surface area contributed by atoms with Gasteiger partial charge in [-0.15, -0.1) is 0 Å². The number of anilines is 3. The van der Waals surface area contributed by atoms with Crippen molar-refractivity contribution in [3.05, 3.63) is 89.6 Å². The Morgan fingerprint density at radius 3 is 2.57 bits per heavy atom. The van der Waals surface area contributed by atoms with Gasteiger partial charge in [0.1, 0.15) is 12.4 Å². The van der Waals surface area contributed by atoms with Gasteiger partial charge in [-0.25, -0.2) is 0 Å². The van der Waals surface area contributed by atoms with Crippen molar-refractivity contribution in [2.24, 2.45) is 0 Å². The molecular weight excluding hydrogens is 440 g/mol. The molecule has 1 saturated heterocycles. The fourth-order valence-corrected chi connectivity index (χ4v) is 4.43. The van der Waals surface area contributed by atoms with Crippen LogP contribution in [0.5, 0.6) is 5.75 Å². The number of likely N-dealkylation sites (tertiary alicyclic amines) is 1. The maximum Gasteiger partial charge on any atom is 0.257 e. The summed E-state index contributed by atoms with van der Waals surface area (Å²) in [6.45, 7) is 3.96. The van der Waals surface area contributed by atoms with Crippen LogP contribution in [0.25, 0.3) is 5.57 Å². The van der Waals surface area contributed by atoms with Gasteiger partial charge in [-0.1, -0.05) is 24.3 Å². The minimum absolute atomic E-state index is 0.146. The van der Waals surface area contributed by atoms with Crippen molar-refractivity contribution in [3.8, 4) is 5.75 Å². The normalized spacial score (nSPS) is 16.2. The number of nitrogens with two attached hydrogens (primary N) is 1. The Labute approximate surface area is 204 Å². The summed E-state index contributed by atoms with van der Waals surface area (Å²) in [5.41, 5.74) is 10.0. The number of nitrogens with zero attached hydrogens (tertiary/aromatic N) is 1. The molecular formula is C28H28N4O3. The summed E-state index contributed by atoms with van der Waals surface area (Å²) < 4.78 is 5.85. The summed E-state index contributed by atoms with van der Waals surface area (Å²) >= 11 is 0. The van der Waals surface area contributed by atoms with Gasteiger partial charge in [0.15, 0.2) is 5.78 Å². The van der Waals surface area contributed by atoms with Crippen molar-refractivity contribution in [2.45, 2.75) is 12.8 Å². The number of hydrogen-bond acceptors (Lipinski definition) is 6. The third-order valence-electron chi connectivity index (χ3n) is 6.33. The van der Waals surface area contributed by atoms with Crippen LogP contribution >= 0.6 is 0 Å². The number of benzene rings is 3. The largest absolute Gasteiger partial charge is 0.492 e. The number of nitrogen functional groups attached to an aromatic ring is 1. The molecule has 2 aliphatic rings. The van der Waals surface area contributed by atoms with Crippen LogP contribution in [0, 0.1) is 0 Å². The zero-order chi connectivity index (χ0) is 24.2. The number of ether oxygens (including phenoxy) is 1. The molecule has 35 heavy (non-hydrogen) atoms. The monoisotopic (exact) mass is 468 g/mol. The molecule has 0 aliphatic carbocycles. The van der Waals surface area contributed by atoms with Crippen LogP contribution in [0.4, 0.5) is 17.1 Å². The average Bonchev–Trinajstić information content (AvgIpc) is 3.49. The van der Waals surface area contributed by atoms with Gasteiger partial charge in [0.05, 0.1) is 5.57 Å². The van der Waals surface area contributed by atoms with Gasteiger partial charge in [-0.3, -0.25) is 14.5 Å². The van der Waals surface area contributed by atoms with Crippen molar-refractivity contribution >= 4 is 34.3 Å². The number of rotatable bonds is 8. The van der Waals surface area contributed by atoms with E-state index in [2.05, 4.69) is 15.5 Å². The summed E-state index contributed by atoms with van der Waals surface area (Å²) in [5, 5.41) is 6.04. The van der Waals surface area contributed by atoms with E-state index in [0.717, 1.165) is 36.6 Å². The van der Waals surface area contributed by atoms with Crippen LogP contribution in [0.15, 0.2) is 72.9 Å². The third-order valence-corrected chi connectivity index (χ3v) is 6.33. The molecule has 3 aromatic rings. The van der Waals surface area contributed by atoms with Gasteiger partial charge in [-0.2, -0.15) is 0 Å². The third kappa shape index (κ3) is 5.20. The predicted molar refractivity (Wildman–Crippen MR) is 139 cm³/mol. The summed E-state index contributed by atoms with van der Waals surface area (Å²) in [6.07, 6.45) is 4.24. The van der Waals surface area contributed by atoms with Crippen molar-refractivity contribution in [1.82, 2.24) is 4.90 Å². The highest BCUT2D eigenvalue weighted by atomic mass is 16.5. The second-order valence-electron chi connectivity index (χ2n) is 8.79. The first-order valence-electron chi connectivity index (χ1n) is 11.8. The molecule has 0 unspecified atom stereocenters. The highest BCUT2D eigenvalue weighted by Gasteiger charge is 2.25. The fourth-order valence-electron chi connectivity index (χ4n) is 4.43. The second-order valence-corrected chi connectivity index (χ2v) is 8.79. The van der Waals surface area contributed by atoms with Crippen LogP contribution in [-0.2, 0) is 4.79 Å². The van der Waals surface area contributed by atoms with E-state index in [-0.39, 0.29) is 11.7 Å². The molecule has 4 N–H and O–H groups in total. The maximum atomic E-state index is 12.8. The minimum Gasteiger partial charge on any atom is -0.492 e. The molecule has 5 rings (SSSR count). The lowest BCUT2D eigenvalue weighted by molar-refractivity contribution is -0.110. The summed E-state index contributed by atoms with van der Waals surface area (Å²) in [5.74, 6) is 0.458. The lowest BCUT2D eigenvalue weighted by Crippen LogP contribution is -2.25. The molecule has 178 valence electrons. The number of ketones is 1. The van der Waals surface area contributed by atoms with E-state index in [1.807, 2.05) is 24.3 Å². The second kappa shape index (κ2) is 10.0. The van der Waals surface area contributed by atoms with E-state index < -0.39 is 0 Å². The Morgan fingerprint density at radius 2 is 1.80 bits per heavy atom. The summed E-state index contributed by atoms with van der Waals surface area (Å²) in [4.78, 5) is 27.8. The SMILES string of the molecule is Nc1cccc(C(=O)c2ccc3c(c2)NC(=O)C3=CNc2ccc(OCCN3CCCC3)cc2)c1. The van der Waals surface area contributed by atoms with Gasteiger partial charge in [0.2, 0.25) is 0 Å². The molecule has 2 aliphatic heterocycles. The summed E-state index contributed by atoms with van der Waals surface area (Å²) in [7, 11) is 0. The molecule has 0 bridgehead atoms. The molecule has 7 nitrogen and oxygen atoms in total. The van der Waals surface area contributed by atoms with Crippen molar-refractivity contribution < 1.29 is 14.3 Å². The number of fused-ring (bicyclic) bond motifs is 1. The van der Waals surface area contributed by atoms with E-state index in [1.54, 1.807) is 48.7 Å². The van der Waals surface area contributed by atoms with Crippen molar-refractivity contribution in [2.75, 3.05) is 42.6 Å². The first kappa shape index (κ1) is 22.7. The van der Waals surface area contributed by atoms with E-state index >= 15 is 0 Å². The molecule has 0 saturated carbocycles. The first-order valence-corrected chi connectivity index (χ1v) is 11.8. The van der Waals surface area contributed by atoms with Crippen LogP contribution in [0.3, 0.4) is 0 Å². The molecule has 0 spiro atoms. The topological polar surface area (TPSA) is 96.7 Å². The Bertz CT molecular complexity index is 1280. The van der Waals surface area contributed by atoms with Gasteiger partial charge in [0.25, 0.3) is 5.91 Å². The molecule has 7 heteroatoms. The predicted octanol–water partition coefficient (Wildman–Crippen LogP) is 4.38. The van der Waals surface area contributed by atoms with E-state index in [9.17, 15) is 9.59 Å². The van der Waals surface area contributed by atoms with Crippen molar-refractivity contribution in [1.29, 1.82) is 0 Å². The maximum absolute atomic E-state index is 12.8. The minimum atomic E-state index is -0.220. The standard InChI is InChI=1S/C28H28N4O3/c29-21-5-3-4-19(16-21)27(33)20-6-11-24-25(28(34)31-26(24)17-20)18-30-22-7-9-23(10-8-22)35-15-14-32-12-1-2-13-32/h3-11,16-18,30H,1-2,12-15,29H2,(H,31,34). The highest BCUT2D eigenvalue weighted by molar-refractivity contribution is 6.32. The zero-order valence-corrected chi connectivity index (χ0v) is 19.4. The smallest absolute Gasteiger partial charge is 0.257 e. The molecule has 0 radical (unpaired) electrons. The Morgan fingerprint density at radius 1 is 1.03 bits per heavy atom. The fraction of sp³-hybridized carbons (Fsp3) is 0.214. The summed E-state index contributed by atoms with van der Waals surface area (Å²) in [6, 6.07) is 19.8. The Kier molecular flexibility index (Phi) is 6.50. The number of amides is 1. The van der Waals surface area contributed by atoms with E-state index in [1.165, 1.54) is 12.8 Å². The number of carbonyl (C=O) groups is 2. The number of carbonyl (C=O) groups excluding carboxylic acids is 2. The van der Waals surface area contributed by atoms with Crippen LogP contribution < -0.4 is 21.1 Å². The molecule has 3 aromatic carbocycles. The van der Waals surface area contributed by atoms with E-state index in [4.69, 9.17) is 10.5 Å². The first-order chi connectivity index (χ1) is 17.1. The molecule has 0 atom stereocenters. The number of nitrogens with one attached hydrogen (secondary N) is 2. The molecule has 1 amide bonds. The van der Waals surface area contributed by atoms with Crippen molar-refractivity contribution in [3.63, 3.8) is 0 Å². The van der Waals surface area contributed by atoms with Gasteiger partial charge in [-0.05, 0) is 68.4 Å². The quantitative estimate of drug-likeness (QED) is 0.258. The van der Waals surface area contributed by atoms with Gasteiger partial charge < -0.3 is 21.1 Å². The van der Waals surface area contributed by atoms with Gasteiger partial charge in [0, 0.05) is 46.5 Å². The van der Waals surface area contributed by atoms with Crippen LogP contribution in [0.2, 0.25) is 0 Å². The van der Waals surface area contributed by atoms with Gasteiger partial charge >= 0.3 is 0 Å². The number of hydrogen-bond donors (Lipinski definition) is 3. The Hall–Kier alpha value is -4.10. The zero-order valence-electron chi connectivity index (χ0n) is 19.4. The lowest BCUT2D eigenvalue weighted by atomic mass is 9.99. The molecule has 0 aromatic heterocycles.